The summed E-state index contributed by atoms with van der Waals surface area (Å²) in [4.78, 5) is 19.7. The second-order valence-electron chi connectivity index (χ2n) is 5.90. The SMILES string of the molecule is O=C(NC(=S)N1CC[NH+](Cc2ccccc2)CC1)c1cccnc1. The molecule has 0 saturated carbocycles. The lowest BCUT2D eigenvalue weighted by Crippen LogP contribution is -3.13. The van der Waals surface area contributed by atoms with Gasteiger partial charge in [0, 0.05) is 18.0 Å². The van der Waals surface area contributed by atoms with Gasteiger partial charge in [0.15, 0.2) is 5.11 Å². The van der Waals surface area contributed by atoms with Gasteiger partial charge in [0.2, 0.25) is 0 Å². The van der Waals surface area contributed by atoms with Gasteiger partial charge in [-0.05, 0) is 24.4 Å². The normalized spacial score (nSPS) is 15.1. The van der Waals surface area contributed by atoms with Crippen molar-refractivity contribution in [2.75, 3.05) is 26.2 Å². The van der Waals surface area contributed by atoms with Crippen LogP contribution >= 0.6 is 12.2 Å². The fourth-order valence-corrected chi connectivity index (χ4v) is 3.11. The summed E-state index contributed by atoms with van der Waals surface area (Å²) >= 11 is 5.38. The Morgan fingerprint density at radius 1 is 1.17 bits per heavy atom. The lowest BCUT2D eigenvalue weighted by atomic mass is 10.2. The van der Waals surface area contributed by atoms with E-state index in [0.29, 0.717) is 10.7 Å². The second-order valence-corrected chi connectivity index (χ2v) is 6.29. The summed E-state index contributed by atoms with van der Waals surface area (Å²) in [6.45, 7) is 4.77. The maximum atomic E-state index is 12.1. The highest BCUT2D eigenvalue weighted by molar-refractivity contribution is 7.80. The minimum Gasteiger partial charge on any atom is -0.338 e. The van der Waals surface area contributed by atoms with Gasteiger partial charge < -0.3 is 9.80 Å². The van der Waals surface area contributed by atoms with E-state index in [1.807, 2.05) is 6.07 Å². The van der Waals surface area contributed by atoms with Gasteiger partial charge in [-0.3, -0.25) is 15.1 Å². The molecule has 2 N–H and O–H groups in total. The molecule has 0 spiro atoms. The number of rotatable bonds is 3. The molecule has 1 aliphatic heterocycles. The Hall–Kier alpha value is -2.31. The fraction of sp³-hybridized carbons (Fsp3) is 0.278. The van der Waals surface area contributed by atoms with E-state index in [1.165, 1.54) is 5.56 Å². The van der Waals surface area contributed by atoms with Crippen molar-refractivity contribution >= 4 is 23.2 Å². The number of hydrogen-bond donors (Lipinski definition) is 2. The quantitative estimate of drug-likeness (QED) is 0.798. The zero-order valence-corrected chi connectivity index (χ0v) is 14.3. The molecule has 1 aromatic carbocycles. The molecule has 2 heterocycles. The van der Waals surface area contributed by atoms with E-state index in [1.54, 1.807) is 29.4 Å². The smallest absolute Gasteiger partial charge is 0.258 e. The monoisotopic (exact) mass is 341 g/mol. The van der Waals surface area contributed by atoms with Crippen molar-refractivity contribution in [2.24, 2.45) is 0 Å². The Bertz CT molecular complexity index is 685. The lowest BCUT2D eigenvalue weighted by molar-refractivity contribution is -0.917. The van der Waals surface area contributed by atoms with Crippen molar-refractivity contribution in [2.45, 2.75) is 6.54 Å². The minimum absolute atomic E-state index is 0.202. The number of nitrogens with zero attached hydrogens (tertiary/aromatic N) is 2. The second kappa shape index (κ2) is 7.99. The van der Waals surface area contributed by atoms with Crippen molar-refractivity contribution < 1.29 is 9.69 Å². The van der Waals surface area contributed by atoms with Crippen LogP contribution in [0.2, 0.25) is 0 Å². The van der Waals surface area contributed by atoms with Gasteiger partial charge in [-0.2, -0.15) is 0 Å². The molecule has 24 heavy (non-hydrogen) atoms. The molecular weight excluding hydrogens is 320 g/mol. The Morgan fingerprint density at radius 3 is 2.58 bits per heavy atom. The van der Waals surface area contributed by atoms with Crippen LogP contribution in [0.1, 0.15) is 15.9 Å². The molecule has 1 amide bonds. The number of benzene rings is 1. The van der Waals surface area contributed by atoms with Crippen LogP contribution in [0.25, 0.3) is 0 Å². The first-order valence-corrected chi connectivity index (χ1v) is 8.51. The number of carbonyl (C=O) groups is 1. The van der Waals surface area contributed by atoms with Crippen LogP contribution in [0.4, 0.5) is 0 Å². The van der Waals surface area contributed by atoms with Crippen molar-refractivity contribution in [1.82, 2.24) is 15.2 Å². The first-order valence-electron chi connectivity index (χ1n) is 8.10. The summed E-state index contributed by atoms with van der Waals surface area (Å²) in [6, 6.07) is 14.0. The molecule has 0 unspecified atom stereocenters. The maximum Gasteiger partial charge on any atom is 0.258 e. The van der Waals surface area contributed by atoms with E-state index in [0.717, 1.165) is 32.7 Å². The number of amides is 1. The summed E-state index contributed by atoms with van der Waals surface area (Å²) in [5, 5.41) is 3.30. The Labute approximate surface area is 147 Å². The molecule has 0 bridgehead atoms. The maximum absolute atomic E-state index is 12.1. The van der Waals surface area contributed by atoms with Crippen LogP contribution in [-0.2, 0) is 6.54 Å². The highest BCUT2D eigenvalue weighted by Crippen LogP contribution is 1.99. The lowest BCUT2D eigenvalue weighted by Gasteiger charge is -2.33. The standard InChI is InChI=1S/C18H20N4OS/c23-17(16-7-4-8-19-13-16)20-18(24)22-11-9-21(10-12-22)14-15-5-2-1-3-6-15/h1-8,13H,9-12,14H2,(H,20,23,24)/p+1. The zero-order chi connectivity index (χ0) is 16.8. The molecule has 2 aromatic rings. The zero-order valence-electron chi connectivity index (χ0n) is 13.4. The molecule has 5 nitrogen and oxygen atoms in total. The van der Waals surface area contributed by atoms with Gasteiger partial charge in [0.25, 0.3) is 5.91 Å². The molecule has 1 aromatic heterocycles. The first-order chi connectivity index (χ1) is 11.7. The van der Waals surface area contributed by atoms with Crippen LogP contribution in [0.15, 0.2) is 54.9 Å². The van der Waals surface area contributed by atoms with Crippen LogP contribution in [0, 0.1) is 0 Å². The van der Waals surface area contributed by atoms with E-state index in [9.17, 15) is 4.79 Å². The molecule has 1 aliphatic rings. The third-order valence-corrected chi connectivity index (χ3v) is 4.56. The molecular formula is C18H21N4OS+. The number of pyridine rings is 1. The molecule has 0 aliphatic carbocycles. The van der Waals surface area contributed by atoms with Crippen LogP contribution in [0.5, 0.6) is 0 Å². The highest BCUT2D eigenvalue weighted by Gasteiger charge is 2.22. The van der Waals surface area contributed by atoms with Gasteiger partial charge in [-0.15, -0.1) is 0 Å². The van der Waals surface area contributed by atoms with Gasteiger partial charge >= 0.3 is 0 Å². The number of carbonyl (C=O) groups excluding carboxylic acids is 1. The number of nitrogens with one attached hydrogen (secondary N) is 2. The average molecular weight is 341 g/mol. The predicted octanol–water partition coefficient (Wildman–Crippen LogP) is 0.497. The molecule has 1 saturated heterocycles. The molecule has 0 radical (unpaired) electrons. The average Bonchev–Trinajstić information content (AvgIpc) is 2.64. The summed E-state index contributed by atoms with van der Waals surface area (Å²) in [6.07, 6.45) is 3.18. The van der Waals surface area contributed by atoms with Crippen molar-refractivity contribution in [3.05, 3.63) is 66.0 Å². The summed E-state index contributed by atoms with van der Waals surface area (Å²) in [5.41, 5.74) is 1.88. The van der Waals surface area contributed by atoms with Crippen LogP contribution in [-0.4, -0.2) is 47.1 Å². The third kappa shape index (κ3) is 4.37. The Morgan fingerprint density at radius 2 is 1.92 bits per heavy atom. The predicted molar refractivity (Wildman–Crippen MR) is 96.7 cm³/mol. The largest absolute Gasteiger partial charge is 0.338 e. The number of quaternary nitrogens is 1. The van der Waals surface area contributed by atoms with Crippen molar-refractivity contribution in [3.8, 4) is 0 Å². The van der Waals surface area contributed by atoms with E-state index in [4.69, 9.17) is 12.2 Å². The van der Waals surface area contributed by atoms with E-state index in [-0.39, 0.29) is 5.91 Å². The third-order valence-electron chi connectivity index (χ3n) is 4.20. The van der Waals surface area contributed by atoms with Crippen molar-refractivity contribution in [1.29, 1.82) is 0 Å². The van der Waals surface area contributed by atoms with Gasteiger partial charge in [-0.25, -0.2) is 0 Å². The van der Waals surface area contributed by atoms with Crippen LogP contribution < -0.4 is 10.2 Å². The molecule has 6 heteroatoms. The van der Waals surface area contributed by atoms with E-state index >= 15 is 0 Å². The van der Waals surface area contributed by atoms with E-state index < -0.39 is 0 Å². The highest BCUT2D eigenvalue weighted by atomic mass is 32.1. The minimum atomic E-state index is -0.202. The molecule has 1 fully saturated rings. The number of aromatic nitrogens is 1. The topological polar surface area (TPSA) is 49.7 Å². The van der Waals surface area contributed by atoms with Gasteiger partial charge in [-0.1, -0.05) is 30.3 Å². The van der Waals surface area contributed by atoms with E-state index in [2.05, 4.69) is 39.5 Å². The first kappa shape index (κ1) is 16.5. The number of piperazine rings is 1. The Balaban J connectivity index is 1.47. The van der Waals surface area contributed by atoms with Crippen molar-refractivity contribution in [3.63, 3.8) is 0 Å². The molecule has 124 valence electrons. The summed E-state index contributed by atoms with van der Waals surface area (Å²) in [5.74, 6) is -0.202. The number of hydrogen-bond acceptors (Lipinski definition) is 3. The van der Waals surface area contributed by atoms with Gasteiger partial charge in [0.1, 0.15) is 6.54 Å². The Kier molecular flexibility index (Phi) is 5.51. The fourth-order valence-electron chi connectivity index (χ4n) is 2.83. The van der Waals surface area contributed by atoms with Gasteiger partial charge in [0.05, 0.1) is 31.7 Å². The molecule has 0 atom stereocenters. The molecule has 3 rings (SSSR count). The summed E-state index contributed by atoms with van der Waals surface area (Å²) < 4.78 is 0. The summed E-state index contributed by atoms with van der Waals surface area (Å²) in [7, 11) is 0. The van der Waals surface area contributed by atoms with Crippen LogP contribution in [0.3, 0.4) is 0 Å². The number of thiocarbonyl (C=S) groups is 1.